The SMILES string of the molecule is CCOC(=O)CN1CC[C@@H](c2ccnc(-c3ccc4c(c3)OCCO4)c2)C1. The summed E-state index contributed by atoms with van der Waals surface area (Å²) in [5, 5.41) is 0. The fourth-order valence-corrected chi connectivity index (χ4v) is 3.70. The smallest absolute Gasteiger partial charge is 0.320 e. The Balaban J connectivity index is 1.48. The molecular formula is C21H24N2O4. The number of likely N-dealkylation sites (tertiary alicyclic amines) is 1. The minimum absolute atomic E-state index is 0.148. The molecule has 3 heterocycles. The highest BCUT2D eigenvalue weighted by atomic mass is 16.6. The number of carbonyl (C=O) groups excluding carboxylic acids is 1. The summed E-state index contributed by atoms with van der Waals surface area (Å²) < 4.78 is 16.3. The van der Waals surface area contributed by atoms with Crippen LogP contribution in [-0.4, -0.2) is 55.3 Å². The van der Waals surface area contributed by atoms with Crippen molar-refractivity contribution in [2.75, 3.05) is 39.5 Å². The molecule has 1 fully saturated rings. The molecule has 0 unspecified atom stereocenters. The summed E-state index contributed by atoms with van der Waals surface area (Å²) >= 11 is 0. The van der Waals surface area contributed by atoms with Crippen molar-refractivity contribution in [1.82, 2.24) is 9.88 Å². The van der Waals surface area contributed by atoms with E-state index in [1.165, 1.54) is 5.56 Å². The molecule has 0 amide bonds. The van der Waals surface area contributed by atoms with E-state index in [-0.39, 0.29) is 5.97 Å². The van der Waals surface area contributed by atoms with Gasteiger partial charge in [0.25, 0.3) is 0 Å². The number of carbonyl (C=O) groups is 1. The van der Waals surface area contributed by atoms with Gasteiger partial charge in [-0.2, -0.15) is 0 Å². The van der Waals surface area contributed by atoms with Crippen LogP contribution in [0.15, 0.2) is 36.5 Å². The number of esters is 1. The summed E-state index contributed by atoms with van der Waals surface area (Å²) in [6.45, 7) is 5.56. The lowest BCUT2D eigenvalue weighted by atomic mass is 9.97. The van der Waals surface area contributed by atoms with Gasteiger partial charge in [-0.3, -0.25) is 14.7 Å². The molecule has 0 N–H and O–H groups in total. The van der Waals surface area contributed by atoms with Gasteiger partial charge in [0.15, 0.2) is 11.5 Å². The second-order valence-corrected chi connectivity index (χ2v) is 6.86. The molecule has 6 nitrogen and oxygen atoms in total. The Kier molecular flexibility index (Phi) is 5.25. The van der Waals surface area contributed by atoms with Crippen molar-refractivity contribution in [3.05, 3.63) is 42.1 Å². The van der Waals surface area contributed by atoms with Crippen LogP contribution in [0.3, 0.4) is 0 Å². The van der Waals surface area contributed by atoms with E-state index < -0.39 is 0 Å². The molecular weight excluding hydrogens is 344 g/mol. The first-order chi connectivity index (χ1) is 13.2. The zero-order valence-electron chi connectivity index (χ0n) is 15.5. The first-order valence-corrected chi connectivity index (χ1v) is 9.47. The largest absolute Gasteiger partial charge is 0.486 e. The molecule has 0 bridgehead atoms. The molecule has 2 aliphatic heterocycles. The van der Waals surface area contributed by atoms with Crippen LogP contribution in [0, 0.1) is 0 Å². The minimum Gasteiger partial charge on any atom is -0.486 e. The zero-order chi connectivity index (χ0) is 18.6. The Morgan fingerprint density at radius 3 is 2.93 bits per heavy atom. The van der Waals surface area contributed by atoms with Crippen LogP contribution in [0.4, 0.5) is 0 Å². The predicted molar refractivity (Wildman–Crippen MR) is 101 cm³/mol. The maximum Gasteiger partial charge on any atom is 0.320 e. The quantitative estimate of drug-likeness (QED) is 0.757. The van der Waals surface area contributed by atoms with Crippen molar-refractivity contribution in [2.45, 2.75) is 19.3 Å². The minimum atomic E-state index is -0.148. The van der Waals surface area contributed by atoms with Gasteiger partial charge in [0.1, 0.15) is 13.2 Å². The van der Waals surface area contributed by atoms with E-state index in [2.05, 4.69) is 22.0 Å². The monoisotopic (exact) mass is 368 g/mol. The standard InChI is InChI=1S/C21H24N2O4/c1-2-25-21(24)14-23-8-6-17(13-23)15-5-7-22-18(11-15)16-3-4-19-20(12-16)27-10-9-26-19/h3-5,7,11-12,17H,2,6,8-10,13-14H2,1H3/t17-/m1/s1. The average Bonchev–Trinajstić information content (AvgIpc) is 3.16. The second-order valence-electron chi connectivity index (χ2n) is 6.86. The third-order valence-corrected chi connectivity index (χ3v) is 5.02. The highest BCUT2D eigenvalue weighted by molar-refractivity contribution is 5.71. The normalized spacial score (nSPS) is 19.1. The molecule has 0 spiro atoms. The van der Waals surface area contributed by atoms with Gasteiger partial charge in [0.05, 0.1) is 18.8 Å². The maximum atomic E-state index is 11.7. The predicted octanol–water partition coefficient (Wildman–Crippen LogP) is 2.87. The number of rotatable bonds is 5. The van der Waals surface area contributed by atoms with E-state index in [4.69, 9.17) is 14.2 Å². The molecule has 1 saturated heterocycles. The van der Waals surface area contributed by atoms with Crippen LogP contribution in [0.25, 0.3) is 11.3 Å². The Bertz CT molecular complexity index is 824. The molecule has 27 heavy (non-hydrogen) atoms. The van der Waals surface area contributed by atoms with Crippen molar-refractivity contribution in [3.63, 3.8) is 0 Å². The fourth-order valence-electron chi connectivity index (χ4n) is 3.70. The molecule has 4 rings (SSSR count). The molecule has 0 aliphatic carbocycles. The van der Waals surface area contributed by atoms with E-state index in [1.54, 1.807) is 0 Å². The molecule has 2 aliphatic rings. The highest BCUT2D eigenvalue weighted by Gasteiger charge is 2.26. The van der Waals surface area contributed by atoms with Gasteiger partial charge < -0.3 is 14.2 Å². The summed E-state index contributed by atoms with van der Waals surface area (Å²) in [4.78, 5) is 18.4. The van der Waals surface area contributed by atoms with Gasteiger partial charge in [-0.25, -0.2) is 0 Å². The Labute approximate surface area is 159 Å². The number of fused-ring (bicyclic) bond motifs is 1. The lowest BCUT2D eigenvalue weighted by Gasteiger charge is -2.19. The van der Waals surface area contributed by atoms with E-state index in [9.17, 15) is 4.79 Å². The van der Waals surface area contributed by atoms with Gasteiger partial charge in [-0.1, -0.05) is 0 Å². The summed E-state index contributed by atoms with van der Waals surface area (Å²) in [5.74, 6) is 1.81. The number of hydrogen-bond donors (Lipinski definition) is 0. The number of pyridine rings is 1. The first-order valence-electron chi connectivity index (χ1n) is 9.47. The molecule has 1 aromatic carbocycles. The van der Waals surface area contributed by atoms with Crippen LogP contribution in [-0.2, 0) is 9.53 Å². The van der Waals surface area contributed by atoms with Gasteiger partial charge in [0.2, 0.25) is 0 Å². The molecule has 6 heteroatoms. The van der Waals surface area contributed by atoms with E-state index in [1.807, 2.05) is 31.3 Å². The number of ether oxygens (including phenoxy) is 3. The summed E-state index contributed by atoms with van der Waals surface area (Å²) in [5.41, 5.74) is 3.19. The van der Waals surface area contributed by atoms with Crippen LogP contribution < -0.4 is 9.47 Å². The van der Waals surface area contributed by atoms with Crippen LogP contribution in [0.2, 0.25) is 0 Å². The zero-order valence-corrected chi connectivity index (χ0v) is 15.5. The summed E-state index contributed by atoms with van der Waals surface area (Å²) in [7, 11) is 0. The van der Waals surface area contributed by atoms with E-state index >= 15 is 0 Å². The van der Waals surface area contributed by atoms with Crippen LogP contribution in [0.5, 0.6) is 11.5 Å². The second kappa shape index (κ2) is 7.96. The third kappa shape index (κ3) is 4.06. The Morgan fingerprint density at radius 2 is 2.07 bits per heavy atom. The van der Waals surface area contributed by atoms with Crippen molar-refractivity contribution in [2.24, 2.45) is 0 Å². The average molecular weight is 368 g/mol. The van der Waals surface area contributed by atoms with Crippen molar-refractivity contribution < 1.29 is 19.0 Å². The van der Waals surface area contributed by atoms with Crippen molar-refractivity contribution in [3.8, 4) is 22.8 Å². The fraction of sp³-hybridized carbons (Fsp3) is 0.429. The Morgan fingerprint density at radius 1 is 1.22 bits per heavy atom. The van der Waals surface area contributed by atoms with Crippen LogP contribution in [0.1, 0.15) is 24.8 Å². The topological polar surface area (TPSA) is 60.9 Å². The van der Waals surface area contributed by atoms with Crippen molar-refractivity contribution in [1.29, 1.82) is 0 Å². The van der Waals surface area contributed by atoms with Gasteiger partial charge in [0, 0.05) is 18.3 Å². The Hall–Kier alpha value is -2.60. The third-order valence-electron chi connectivity index (χ3n) is 5.02. The summed E-state index contributed by atoms with van der Waals surface area (Å²) in [6, 6.07) is 10.2. The first kappa shape index (κ1) is 17.8. The lowest BCUT2D eigenvalue weighted by Crippen LogP contribution is -2.28. The number of hydrogen-bond acceptors (Lipinski definition) is 6. The van der Waals surface area contributed by atoms with Crippen molar-refractivity contribution >= 4 is 5.97 Å². The molecule has 0 radical (unpaired) electrons. The van der Waals surface area contributed by atoms with Gasteiger partial charge in [-0.15, -0.1) is 0 Å². The van der Waals surface area contributed by atoms with E-state index in [0.29, 0.717) is 32.3 Å². The number of benzene rings is 1. The maximum absolute atomic E-state index is 11.7. The highest BCUT2D eigenvalue weighted by Crippen LogP contribution is 2.35. The van der Waals surface area contributed by atoms with Gasteiger partial charge in [-0.05, 0) is 61.7 Å². The van der Waals surface area contributed by atoms with Crippen LogP contribution >= 0.6 is 0 Å². The van der Waals surface area contributed by atoms with E-state index in [0.717, 1.165) is 42.3 Å². The molecule has 0 saturated carbocycles. The molecule has 1 aromatic heterocycles. The molecule has 1 atom stereocenters. The number of aromatic nitrogens is 1. The molecule has 142 valence electrons. The lowest BCUT2D eigenvalue weighted by molar-refractivity contribution is -0.144. The number of nitrogens with zero attached hydrogens (tertiary/aromatic N) is 2. The molecule has 2 aromatic rings. The summed E-state index contributed by atoms with van der Waals surface area (Å²) in [6.07, 6.45) is 2.89. The van der Waals surface area contributed by atoms with Gasteiger partial charge >= 0.3 is 5.97 Å².